The van der Waals surface area contributed by atoms with Crippen molar-refractivity contribution in [3.8, 4) is 5.75 Å². The van der Waals surface area contributed by atoms with Gasteiger partial charge >= 0.3 is 5.97 Å². The number of halogens is 2. The highest BCUT2D eigenvalue weighted by atomic mass is 35.5. The van der Waals surface area contributed by atoms with Gasteiger partial charge in [-0.15, -0.1) is 0 Å². The summed E-state index contributed by atoms with van der Waals surface area (Å²) in [5.41, 5.74) is 1.46. The van der Waals surface area contributed by atoms with E-state index in [1.165, 1.54) is 12.1 Å². The molecule has 2 aromatic carbocycles. The van der Waals surface area contributed by atoms with Crippen molar-refractivity contribution in [2.24, 2.45) is 5.92 Å². The number of anilines is 1. The number of rotatable bonds is 9. The van der Waals surface area contributed by atoms with E-state index in [2.05, 4.69) is 5.32 Å². The predicted octanol–water partition coefficient (Wildman–Crippen LogP) is 4.71. The monoisotopic (exact) mass is 407 g/mol. The zero-order valence-electron chi connectivity index (χ0n) is 15.8. The average molecular weight is 408 g/mol. The van der Waals surface area contributed by atoms with Crippen LogP contribution in [0, 0.1) is 11.7 Å². The third-order valence-corrected chi connectivity index (χ3v) is 4.54. The van der Waals surface area contributed by atoms with E-state index >= 15 is 0 Å². The Morgan fingerprint density at radius 1 is 1.21 bits per heavy atom. The number of amides is 1. The van der Waals surface area contributed by atoms with E-state index in [0.717, 1.165) is 11.6 Å². The lowest BCUT2D eigenvalue weighted by molar-refractivity contribution is -0.141. The largest absolute Gasteiger partial charge is 0.494 e. The molecule has 0 radical (unpaired) electrons. The minimum absolute atomic E-state index is 0.0326. The molecule has 1 atom stereocenters. The van der Waals surface area contributed by atoms with Gasteiger partial charge in [-0.3, -0.25) is 9.59 Å². The van der Waals surface area contributed by atoms with Gasteiger partial charge in [-0.05, 0) is 49.6 Å². The normalized spacial score (nSPS) is 11.7. The summed E-state index contributed by atoms with van der Waals surface area (Å²) in [5.74, 6) is -1.84. The van der Waals surface area contributed by atoms with Gasteiger partial charge in [0.15, 0.2) is 0 Å². The molecule has 0 bridgehead atoms. The fourth-order valence-electron chi connectivity index (χ4n) is 2.84. The topological polar surface area (TPSA) is 75.6 Å². The Morgan fingerprint density at radius 3 is 2.57 bits per heavy atom. The van der Waals surface area contributed by atoms with Crippen LogP contribution in [0.2, 0.25) is 5.02 Å². The molecule has 2 N–H and O–H groups in total. The number of ether oxygens (including phenoxy) is 1. The van der Waals surface area contributed by atoms with Gasteiger partial charge < -0.3 is 15.2 Å². The number of benzene rings is 2. The maximum atomic E-state index is 13.9. The lowest BCUT2D eigenvalue weighted by atomic mass is 9.95. The first kappa shape index (κ1) is 21.7. The zero-order valence-corrected chi connectivity index (χ0v) is 16.6. The molecule has 150 valence electrons. The number of aliphatic carboxylic acids is 1. The van der Waals surface area contributed by atoms with Crippen molar-refractivity contribution in [2.45, 2.75) is 33.1 Å². The summed E-state index contributed by atoms with van der Waals surface area (Å²) in [6.07, 6.45) is 0.835. The average Bonchev–Trinajstić information content (AvgIpc) is 2.64. The molecule has 5 nitrogen and oxygen atoms in total. The molecule has 1 unspecified atom stereocenters. The molecule has 0 fully saturated rings. The van der Waals surface area contributed by atoms with Gasteiger partial charge in [0.1, 0.15) is 11.6 Å². The van der Waals surface area contributed by atoms with E-state index in [1.54, 1.807) is 18.2 Å². The second kappa shape index (κ2) is 10.1. The molecule has 0 spiro atoms. The van der Waals surface area contributed by atoms with E-state index in [4.69, 9.17) is 16.3 Å². The zero-order chi connectivity index (χ0) is 20.7. The molecule has 1 amide bonds. The Bertz CT molecular complexity index is 856. The molecule has 0 aromatic heterocycles. The number of carbonyl (C=O) groups excluding carboxylic acids is 1. The van der Waals surface area contributed by atoms with Crippen LogP contribution in [0.4, 0.5) is 10.1 Å². The van der Waals surface area contributed by atoms with Crippen LogP contribution in [-0.4, -0.2) is 23.6 Å². The summed E-state index contributed by atoms with van der Waals surface area (Å²) >= 11 is 5.72. The maximum absolute atomic E-state index is 13.9. The minimum Gasteiger partial charge on any atom is -0.494 e. The van der Waals surface area contributed by atoms with Gasteiger partial charge in [-0.1, -0.05) is 30.7 Å². The SMILES string of the molecule is CCOc1ccc(CC(CC)C(=O)O)cc1CC(=O)Nc1ccc(Cl)cc1F. The van der Waals surface area contributed by atoms with E-state index in [0.29, 0.717) is 30.8 Å². The molecule has 2 aromatic rings. The van der Waals surface area contributed by atoms with Crippen molar-refractivity contribution in [1.29, 1.82) is 0 Å². The lowest BCUT2D eigenvalue weighted by Crippen LogP contribution is -2.17. The summed E-state index contributed by atoms with van der Waals surface area (Å²) in [6, 6.07) is 9.32. The first-order valence-corrected chi connectivity index (χ1v) is 9.44. The van der Waals surface area contributed by atoms with Crippen molar-refractivity contribution in [1.82, 2.24) is 0 Å². The molecule has 7 heteroatoms. The second-order valence-electron chi connectivity index (χ2n) is 6.37. The van der Waals surface area contributed by atoms with Crippen molar-refractivity contribution in [3.05, 3.63) is 58.4 Å². The van der Waals surface area contributed by atoms with Gasteiger partial charge in [-0.2, -0.15) is 0 Å². The van der Waals surface area contributed by atoms with E-state index < -0.39 is 23.6 Å². The highest BCUT2D eigenvalue weighted by Gasteiger charge is 2.18. The number of hydrogen-bond donors (Lipinski definition) is 2. The van der Waals surface area contributed by atoms with Crippen LogP contribution in [0.1, 0.15) is 31.4 Å². The van der Waals surface area contributed by atoms with Crippen molar-refractivity contribution in [2.75, 3.05) is 11.9 Å². The van der Waals surface area contributed by atoms with E-state index in [-0.39, 0.29) is 17.1 Å². The first-order valence-electron chi connectivity index (χ1n) is 9.06. The molecule has 0 aliphatic rings. The number of nitrogens with one attached hydrogen (secondary N) is 1. The van der Waals surface area contributed by atoms with Crippen LogP contribution in [0.15, 0.2) is 36.4 Å². The number of carbonyl (C=O) groups is 2. The second-order valence-corrected chi connectivity index (χ2v) is 6.81. The summed E-state index contributed by atoms with van der Waals surface area (Å²) < 4.78 is 19.5. The van der Waals surface area contributed by atoms with Crippen molar-refractivity contribution in [3.63, 3.8) is 0 Å². The summed E-state index contributed by atoms with van der Waals surface area (Å²) in [5, 5.41) is 12.0. The molecular weight excluding hydrogens is 385 g/mol. The first-order chi connectivity index (χ1) is 13.3. The van der Waals surface area contributed by atoms with Crippen molar-refractivity contribution >= 4 is 29.2 Å². The molecule has 0 saturated heterocycles. The van der Waals surface area contributed by atoms with Gasteiger partial charge in [0.25, 0.3) is 0 Å². The van der Waals surface area contributed by atoms with E-state index in [9.17, 15) is 19.1 Å². The predicted molar refractivity (Wildman–Crippen MR) is 106 cm³/mol. The van der Waals surface area contributed by atoms with Crippen LogP contribution >= 0.6 is 11.6 Å². The molecule has 0 saturated carbocycles. The summed E-state index contributed by atoms with van der Waals surface area (Å²) in [4.78, 5) is 23.7. The molecular formula is C21H23ClFNO4. The van der Waals surface area contributed by atoms with Crippen LogP contribution in [0.3, 0.4) is 0 Å². The highest BCUT2D eigenvalue weighted by molar-refractivity contribution is 6.30. The smallest absolute Gasteiger partial charge is 0.306 e. The molecule has 2 rings (SSSR count). The van der Waals surface area contributed by atoms with Crippen LogP contribution in [0.5, 0.6) is 5.75 Å². The Labute approximate surface area is 168 Å². The maximum Gasteiger partial charge on any atom is 0.306 e. The van der Waals surface area contributed by atoms with Gasteiger partial charge in [0.05, 0.1) is 24.6 Å². The van der Waals surface area contributed by atoms with Gasteiger partial charge in [-0.25, -0.2) is 4.39 Å². The van der Waals surface area contributed by atoms with E-state index in [1.807, 2.05) is 13.8 Å². The van der Waals surface area contributed by atoms with Crippen LogP contribution in [0.25, 0.3) is 0 Å². The molecule has 0 heterocycles. The Kier molecular flexibility index (Phi) is 7.81. The number of hydrogen-bond acceptors (Lipinski definition) is 3. The number of carboxylic acid groups (broad SMARTS) is 1. The molecule has 0 aliphatic heterocycles. The highest BCUT2D eigenvalue weighted by Crippen LogP contribution is 2.25. The fourth-order valence-corrected chi connectivity index (χ4v) is 3.00. The molecule has 28 heavy (non-hydrogen) atoms. The molecule has 0 aliphatic carbocycles. The number of carboxylic acids is 1. The lowest BCUT2D eigenvalue weighted by Gasteiger charge is -2.15. The Morgan fingerprint density at radius 2 is 1.96 bits per heavy atom. The van der Waals surface area contributed by atoms with Crippen LogP contribution < -0.4 is 10.1 Å². The minimum atomic E-state index is -0.853. The fraction of sp³-hybridized carbons (Fsp3) is 0.333. The third kappa shape index (κ3) is 5.96. The quantitative estimate of drug-likeness (QED) is 0.631. The van der Waals surface area contributed by atoms with Gasteiger partial charge in [0.2, 0.25) is 5.91 Å². The standard InChI is InChI=1S/C21H23ClFNO4/c1-3-14(21(26)27)9-13-5-8-19(28-4-2)15(10-13)11-20(25)24-18-7-6-16(22)12-17(18)23/h5-8,10,12,14H,3-4,9,11H2,1-2H3,(H,24,25)(H,26,27). The van der Waals surface area contributed by atoms with Gasteiger partial charge in [0, 0.05) is 10.6 Å². The van der Waals surface area contributed by atoms with Crippen molar-refractivity contribution < 1.29 is 23.8 Å². The summed E-state index contributed by atoms with van der Waals surface area (Å²) in [7, 11) is 0. The third-order valence-electron chi connectivity index (χ3n) is 4.31. The summed E-state index contributed by atoms with van der Waals surface area (Å²) in [6.45, 7) is 4.08. The Hall–Kier alpha value is -2.60. The Balaban J connectivity index is 2.19. The van der Waals surface area contributed by atoms with Crippen LogP contribution in [-0.2, 0) is 22.4 Å².